The van der Waals surface area contributed by atoms with Crippen LogP contribution in [0.1, 0.15) is 45.4 Å². The van der Waals surface area contributed by atoms with E-state index >= 15 is 0 Å². The van der Waals surface area contributed by atoms with Gasteiger partial charge in [0.25, 0.3) is 0 Å². The monoisotopic (exact) mass is 333 g/mol. The molecule has 0 fully saturated rings. The average molecular weight is 334 g/mol. The molecule has 21 heavy (non-hydrogen) atoms. The molecule has 2 N–H and O–H groups in total. The van der Waals surface area contributed by atoms with Gasteiger partial charge in [0.1, 0.15) is 10.7 Å². The van der Waals surface area contributed by atoms with Crippen molar-refractivity contribution >= 4 is 27.4 Å². The number of aromatic nitrogens is 1. The van der Waals surface area contributed by atoms with E-state index in [0.29, 0.717) is 17.4 Å². The second-order valence-corrected chi connectivity index (χ2v) is 7.09. The normalized spacial score (nSPS) is 11.6. The molecule has 0 aliphatic carbocycles. The fraction of sp³-hybridized carbons (Fsp3) is 0.643. The number of nitrogens with zero attached hydrogens (tertiary/aromatic N) is 1. The highest BCUT2D eigenvalue weighted by atomic mass is 35.5. The highest BCUT2D eigenvalue weighted by Crippen LogP contribution is 2.21. The number of halogens is 1. The van der Waals surface area contributed by atoms with Gasteiger partial charge in [0.15, 0.2) is 0 Å². The summed E-state index contributed by atoms with van der Waals surface area (Å²) in [5.74, 6) is 0.464. The Morgan fingerprint density at radius 2 is 1.86 bits per heavy atom. The molecule has 0 amide bonds. The van der Waals surface area contributed by atoms with Crippen LogP contribution in [-0.2, 0) is 10.0 Å². The van der Waals surface area contributed by atoms with Crippen LogP contribution in [-0.4, -0.2) is 27.0 Å². The quantitative estimate of drug-likeness (QED) is 0.644. The van der Waals surface area contributed by atoms with Gasteiger partial charge in [-0.15, -0.1) is 0 Å². The summed E-state index contributed by atoms with van der Waals surface area (Å²) in [4.78, 5) is 4.07. The third-order valence-corrected chi connectivity index (χ3v) is 4.90. The number of hydrogen-bond acceptors (Lipinski definition) is 4. The van der Waals surface area contributed by atoms with E-state index in [2.05, 4.69) is 21.9 Å². The Morgan fingerprint density at radius 1 is 1.19 bits per heavy atom. The summed E-state index contributed by atoms with van der Waals surface area (Å²) in [6, 6.07) is 1.41. The molecular formula is C14H24ClN3O2S. The summed E-state index contributed by atoms with van der Waals surface area (Å²) in [6.45, 7) is 2.62. The van der Waals surface area contributed by atoms with Crippen molar-refractivity contribution in [3.05, 3.63) is 17.3 Å². The SMILES string of the molecule is CCCCCCCCNS(=O)(=O)c1cnc(NC)c(Cl)c1. The molecule has 0 spiro atoms. The summed E-state index contributed by atoms with van der Waals surface area (Å²) in [7, 11) is -1.85. The number of hydrogen-bond donors (Lipinski definition) is 2. The molecule has 5 nitrogen and oxygen atoms in total. The average Bonchev–Trinajstić information content (AvgIpc) is 2.46. The minimum atomic E-state index is -3.53. The van der Waals surface area contributed by atoms with Crippen LogP contribution in [0.2, 0.25) is 5.02 Å². The summed E-state index contributed by atoms with van der Waals surface area (Å²) < 4.78 is 26.8. The largest absolute Gasteiger partial charge is 0.372 e. The molecule has 1 rings (SSSR count). The molecule has 0 saturated carbocycles. The minimum Gasteiger partial charge on any atom is -0.372 e. The molecule has 1 heterocycles. The Bertz CT molecular complexity index is 535. The molecule has 0 bridgehead atoms. The minimum absolute atomic E-state index is 0.0949. The topological polar surface area (TPSA) is 71.1 Å². The number of anilines is 1. The van der Waals surface area contributed by atoms with Crippen LogP contribution in [0.3, 0.4) is 0 Å². The Morgan fingerprint density at radius 3 is 2.48 bits per heavy atom. The molecule has 1 aromatic heterocycles. The van der Waals surface area contributed by atoms with Crippen LogP contribution < -0.4 is 10.0 Å². The van der Waals surface area contributed by atoms with Gasteiger partial charge < -0.3 is 5.32 Å². The third-order valence-electron chi connectivity index (χ3n) is 3.19. The van der Waals surface area contributed by atoms with Crippen LogP contribution in [0.25, 0.3) is 0 Å². The maximum Gasteiger partial charge on any atom is 0.242 e. The second kappa shape index (κ2) is 9.23. The zero-order valence-corrected chi connectivity index (χ0v) is 14.2. The van der Waals surface area contributed by atoms with E-state index in [1.807, 2.05) is 0 Å². The van der Waals surface area contributed by atoms with Crippen molar-refractivity contribution in [2.75, 3.05) is 18.9 Å². The molecule has 0 aliphatic rings. The number of rotatable bonds is 10. The molecule has 0 radical (unpaired) electrons. The van der Waals surface area contributed by atoms with Crippen LogP contribution in [0.15, 0.2) is 17.2 Å². The van der Waals surface area contributed by atoms with Gasteiger partial charge in [-0.1, -0.05) is 50.6 Å². The fourth-order valence-electron chi connectivity index (χ4n) is 1.95. The molecule has 0 atom stereocenters. The molecule has 0 aromatic carbocycles. The van der Waals surface area contributed by atoms with E-state index in [4.69, 9.17) is 11.6 Å². The fourth-order valence-corrected chi connectivity index (χ4v) is 3.32. The zero-order valence-electron chi connectivity index (χ0n) is 12.7. The molecule has 1 aromatic rings. The number of pyridine rings is 1. The first kappa shape index (κ1) is 18.2. The van der Waals surface area contributed by atoms with Gasteiger partial charge in [-0.2, -0.15) is 0 Å². The van der Waals surface area contributed by atoms with E-state index in [9.17, 15) is 8.42 Å². The first-order valence-electron chi connectivity index (χ1n) is 7.34. The highest BCUT2D eigenvalue weighted by molar-refractivity contribution is 7.89. The first-order valence-corrected chi connectivity index (χ1v) is 9.20. The van der Waals surface area contributed by atoms with Crippen molar-refractivity contribution in [3.8, 4) is 0 Å². The van der Waals surface area contributed by atoms with Gasteiger partial charge in [0, 0.05) is 19.8 Å². The standard InChI is InChI=1S/C14H24ClN3O2S/c1-3-4-5-6-7-8-9-18-21(19,20)12-10-13(15)14(16-2)17-11-12/h10-11,18H,3-9H2,1-2H3,(H,16,17). The summed E-state index contributed by atoms with van der Waals surface area (Å²) >= 11 is 5.95. The maximum absolute atomic E-state index is 12.1. The molecular weight excluding hydrogens is 310 g/mol. The van der Waals surface area contributed by atoms with E-state index in [1.165, 1.54) is 31.5 Å². The summed E-state index contributed by atoms with van der Waals surface area (Å²) in [5, 5.41) is 3.08. The van der Waals surface area contributed by atoms with E-state index in [1.54, 1.807) is 7.05 Å². The molecule has 0 saturated heterocycles. The number of nitrogens with one attached hydrogen (secondary N) is 2. The zero-order chi connectivity index (χ0) is 15.7. The lowest BCUT2D eigenvalue weighted by molar-refractivity contribution is 0.567. The van der Waals surface area contributed by atoms with Crippen molar-refractivity contribution < 1.29 is 8.42 Å². The van der Waals surface area contributed by atoms with E-state index in [0.717, 1.165) is 19.3 Å². The molecule has 0 aliphatic heterocycles. The van der Waals surface area contributed by atoms with Crippen molar-refractivity contribution in [1.82, 2.24) is 9.71 Å². The third kappa shape index (κ3) is 6.20. The van der Waals surface area contributed by atoms with Crippen molar-refractivity contribution in [1.29, 1.82) is 0 Å². The lowest BCUT2D eigenvalue weighted by Crippen LogP contribution is -2.25. The van der Waals surface area contributed by atoms with E-state index < -0.39 is 10.0 Å². The lowest BCUT2D eigenvalue weighted by Gasteiger charge is -2.08. The van der Waals surface area contributed by atoms with Crippen molar-refractivity contribution in [2.24, 2.45) is 0 Å². The van der Waals surface area contributed by atoms with Crippen LogP contribution in [0, 0.1) is 0 Å². The predicted molar refractivity (Wildman–Crippen MR) is 87.4 cm³/mol. The smallest absolute Gasteiger partial charge is 0.242 e. The second-order valence-electron chi connectivity index (χ2n) is 4.92. The predicted octanol–water partition coefficient (Wildman–Crippen LogP) is 3.42. The van der Waals surface area contributed by atoms with Gasteiger partial charge >= 0.3 is 0 Å². The van der Waals surface area contributed by atoms with Gasteiger partial charge in [0.05, 0.1) is 5.02 Å². The molecule has 7 heteroatoms. The summed E-state index contributed by atoms with van der Waals surface area (Å²) in [6.07, 6.45) is 8.02. The molecule has 120 valence electrons. The van der Waals surface area contributed by atoms with Crippen molar-refractivity contribution in [2.45, 2.75) is 50.3 Å². The summed E-state index contributed by atoms with van der Waals surface area (Å²) in [5.41, 5.74) is 0. The van der Waals surface area contributed by atoms with Gasteiger partial charge in [0.2, 0.25) is 10.0 Å². The Kier molecular flexibility index (Phi) is 8.00. The Hall–Kier alpha value is -0.850. The van der Waals surface area contributed by atoms with Gasteiger partial charge in [-0.3, -0.25) is 0 Å². The van der Waals surface area contributed by atoms with Crippen LogP contribution >= 0.6 is 11.6 Å². The lowest BCUT2D eigenvalue weighted by atomic mass is 10.1. The van der Waals surface area contributed by atoms with Gasteiger partial charge in [-0.25, -0.2) is 18.1 Å². The van der Waals surface area contributed by atoms with Crippen LogP contribution in [0.5, 0.6) is 0 Å². The first-order chi connectivity index (χ1) is 10.0. The Labute approximate surface area is 132 Å². The number of unbranched alkanes of at least 4 members (excludes halogenated alkanes) is 5. The van der Waals surface area contributed by atoms with E-state index in [-0.39, 0.29) is 4.90 Å². The van der Waals surface area contributed by atoms with Gasteiger partial charge in [-0.05, 0) is 12.5 Å². The maximum atomic E-state index is 12.1. The molecule has 0 unspecified atom stereocenters. The van der Waals surface area contributed by atoms with Crippen LogP contribution in [0.4, 0.5) is 5.82 Å². The van der Waals surface area contributed by atoms with Crippen molar-refractivity contribution in [3.63, 3.8) is 0 Å². The Balaban J connectivity index is 2.45. The highest BCUT2D eigenvalue weighted by Gasteiger charge is 2.15. The number of sulfonamides is 1.